The molecule has 1 unspecified atom stereocenters. The Kier molecular flexibility index (Phi) is 3.21. The van der Waals surface area contributed by atoms with Gasteiger partial charge in [-0.1, -0.05) is 0 Å². The van der Waals surface area contributed by atoms with Gasteiger partial charge in [-0.3, -0.25) is 0 Å². The van der Waals surface area contributed by atoms with Gasteiger partial charge in [0, 0.05) is 18.3 Å². The lowest BCUT2D eigenvalue weighted by atomic mass is 10.1. The molecule has 3 heteroatoms. The molecule has 1 heterocycles. The van der Waals surface area contributed by atoms with E-state index in [1.807, 2.05) is 13.0 Å². The highest BCUT2D eigenvalue weighted by atomic mass is 19.1. The van der Waals surface area contributed by atoms with E-state index in [1.165, 1.54) is 6.42 Å². The Morgan fingerprint density at radius 2 is 2.27 bits per heavy atom. The molecule has 1 aromatic rings. The topological polar surface area (TPSA) is 24.1 Å². The minimum atomic E-state index is -0.165. The molecule has 1 fully saturated rings. The molecule has 0 radical (unpaired) electrons. The molecule has 2 rings (SSSR count). The number of halogens is 1. The number of piperidine rings is 1. The molecule has 1 aliphatic rings. The predicted molar refractivity (Wildman–Crippen MR) is 60.7 cm³/mol. The fourth-order valence-corrected chi connectivity index (χ4v) is 2.03. The van der Waals surface area contributed by atoms with E-state index in [2.05, 4.69) is 10.6 Å². The Morgan fingerprint density at radius 3 is 2.93 bits per heavy atom. The van der Waals surface area contributed by atoms with Gasteiger partial charge >= 0.3 is 0 Å². The van der Waals surface area contributed by atoms with Crippen LogP contribution in [0, 0.1) is 12.7 Å². The van der Waals surface area contributed by atoms with Crippen molar-refractivity contribution in [2.24, 2.45) is 0 Å². The van der Waals surface area contributed by atoms with Crippen LogP contribution in [0.3, 0.4) is 0 Å². The number of anilines is 1. The van der Waals surface area contributed by atoms with Crippen molar-refractivity contribution in [2.75, 3.05) is 18.4 Å². The summed E-state index contributed by atoms with van der Waals surface area (Å²) in [6.45, 7) is 3.98. The van der Waals surface area contributed by atoms with Crippen LogP contribution in [0.4, 0.5) is 10.1 Å². The average Bonchev–Trinajstić information content (AvgIpc) is 2.17. The maximum absolute atomic E-state index is 13.1. The van der Waals surface area contributed by atoms with Gasteiger partial charge in [-0.05, 0) is 50.1 Å². The van der Waals surface area contributed by atoms with E-state index in [-0.39, 0.29) is 5.82 Å². The van der Waals surface area contributed by atoms with E-state index in [9.17, 15) is 4.39 Å². The SMILES string of the molecule is Cc1cc(F)cc(NC2CCCNC2)c1. The number of benzene rings is 1. The maximum Gasteiger partial charge on any atom is 0.125 e. The van der Waals surface area contributed by atoms with E-state index in [0.29, 0.717) is 6.04 Å². The van der Waals surface area contributed by atoms with Crippen molar-refractivity contribution in [1.82, 2.24) is 5.32 Å². The fraction of sp³-hybridized carbons (Fsp3) is 0.500. The first-order chi connectivity index (χ1) is 7.24. The lowest BCUT2D eigenvalue weighted by molar-refractivity contribution is 0.479. The third-order valence-electron chi connectivity index (χ3n) is 2.71. The van der Waals surface area contributed by atoms with Gasteiger partial charge in [0.25, 0.3) is 0 Å². The van der Waals surface area contributed by atoms with Crippen molar-refractivity contribution in [3.8, 4) is 0 Å². The Labute approximate surface area is 89.9 Å². The lowest BCUT2D eigenvalue weighted by Crippen LogP contribution is -2.38. The van der Waals surface area contributed by atoms with Crippen LogP contribution in [0.2, 0.25) is 0 Å². The van der Waals surface area contributed by atoms with Gasteiger partial charge in [-0.25, -0.2) is 4.39 Å². The first-order valence-corrected chi connectivity index (χ1v) is 5.48. The largest absolute Gasteiger partial charge is 0.381 e. The average molecular weight is 208 g/mol. The van der Waals surface area contributed by atoms with Gasteiger partial charge < -0.3 is 10.6 Å². The zero-order chi connectivity index (χ0) is 10.7. The van der Waals surface area contributed by atoms with Crippen molar-refractivity contribution < 1.29 is 4.39 Å². The van der Waals surface area contributed by atoms with Crippen molar-refractivity contribution in [3.05, 3.63) is 29.6 Å². The Morgan fingerprint density at radius 1 is 1.40 bits per heavy atom. The second kappa shape index (κ2) is 4.62. The minimum absolute atomic E-state index is 0.165. The van der Waals surface area contributed by atoms with Crippen LogP contribution in [0.15, 0.2) is 18.2 Å². The number of rotatable bonds is 2. The first-order valence-electron chi connectivity index (χ1n) is 5.48. The van der Waals surface area contributed by atoms with Crippen molar-refractivity contribution >= 4 is 5.69 Å². The molecular weight excluding hydrogens is 191 g/mol. The zero-order valence-electron chi connectivity index (χ0n) is 9.02. The molecule has 0 saturated carbocycles. The predicted octanol–water partition coefficient (Wildman–Crippen LogP) is 2.30. The second-order valence-electron chi connectivity index (χ2n) is 4.20. The lowest BCUT2D eigenvalue weighted by Gasteiger charge is -2.25. The van der Waals surface area contributed by atoms with Crippen LogP contribution in [-0.4, -0.2) is 19.1 Å². The summed E-state index contributed by atoms with van der Waals surface area (Å²) in [5, 5.41) is 6.69. The molecule has 1 saturated heterocycles. The maximum atomic E-state index is 13.1. The number of nitrogens with one attached hydrogen (secondary N) is 2. The van der Waals surface area contributed by atoms with Crippen LogP contribution >= 0.6 is 0 Å². The molecular formula is C12H17FN2. The molecule has 1 aromatic carbocycles. The molecule has 0 aromatic heterocycles. The Hall–Kier alpha value is -1.09. The van der Waals surface area contributed by atoms with Gasteiger partial charge in [-0.2, -0.15) is 0 Å². The molecule has 0 bridgehead atoms. The summed E-state index contributed by atoms with van der Waals surface area (Å²) in [4.78, 5) is 0. The third kappa shape index (κ3) is 2.93. The molecule has 82 valence electrons. The summed E-state index contributed by atoms with van der Waals surface area (Å²) in [7, 11) is 0. The molecule has 15 heavy (non-hydrogen) atoms. The van der Waals surface area contributed by atoms with Gasteiger partial charge in [0.1, 0.15) is 5.82 Å². The Balaban J connectivity index is 2.02. The summed E-state index contributed by atoms with van der Waals surface area (Å²) in [5.74, 6) is -0.165. The van der Waals surface area contributed by atoms with Gasteiger partial charge in [0.05, 0.1) is 0 Å². The quantitative estimate of drug-likeness (QED) is 0.779. The molecule has 2 nitrogen and oxygen atoms in total. The van der Waals surface area contributed by atoms with Crippen LogP contribution in [0.25, 0.3) is 0 Å². The molecule has 0 aliphatic carbocycles. The molecule has 2 N–H and O–H groups in total. The van der Waals surface area contributed by atoms with Crippen LogP contribution in [0.5, 0.6) is 0 Å². The van der Waals surface area contributed by atoms with E-state index in [4.69, 9.17) is 0 Å². The van der Waals surface area contributed by atoms with Gasteiger partial charge in [-0.15, -0.1) is 0 Å². The summed E-state index contributed by atoms with van der Waals surface area (Å²) in [6.07, 6.45) is 2.34. The smallest absolute Gasteiger partial charge is 0.125 e. The van der Waals surface area contributed by atoms with Gasteiger partial charge in [0.2, 0.25) is 0 Å². The summed E-state index contributed by atoms with van der Waals surface area (Å²) >= 11 is 0. The van der Waals surface area contributed by atoms with Crippen LogP contribution in [-0.2, 0) is 0 Å². The standard InChI is InChI=1S/C12H17FN2/c1-9-5-10(13)7-12(6-9)15-11-3-2-4-14-8-11/h5-7,11,14-15H,2-4,8H2,1H3. The van der Waals surface area contributed by atoms with Crippen molar-refractivity contribution in [1.29, 1.82) is 0 Å². The van der Waals surface area contributed by atoms with Crippen molar-refractivity contribution in [3.63, 3.8) is 0 Å². The Bertz CT molecular complexity index is 312. The third-order valence-corrected chi connectivity index (χ3v) is 2.71. The van der Waals surface area contributed by atoms with Crippen LogP contribution < -0.4 is 10.6 Å². The number of aryl methyl sites for hydroxylation is 1. The summed E-state index contributed by atoms with van der Waals surface area (Å²) < 4.78 is 13.1. The number of hydrogen-bond acceptors (Lipinski definition) is 2. The number of hydrogen-bond donors (Lipinski definition) is 2. The van der Waals surface area contributed by atoms with E-state index < -0.39 is 0 Å². The first kappa shape index (κ1) is 10.4. The minimum Gasteiger partial charge on any atom is -0.381 e. The summed E-state index contributed by atoms with van der Waals surface area (Å²) in [5.41, 5.74) is 1.85. The highest BCUT2D eigenvalue weighted by Gasteiger charge is 2.12. The second-order valence-corrected chi connectivity index (χ2v) is 4.20. The van der Waals surface area contributed by atoms with E-state index >= 15 is 0 Å². The fourth-order valence-electron chi connectivity index (χ4n) is 2.03. The zero-order valence-corrected chi connectivity index (χ0v) is 9.02. The highest BCUT2D eigenvalue weighted by Crippen LogP contribution is 2.16. The summed E-state index contributed by atoms with van der Waals surface area (Å²) in [6, 6.07) is 5.52. The molecule has 0 amide bonds. The normalized spacial score (nSPS) is 21.3. The molecule has 1 aliphatic heterocycles. The van der Waals surface area contributed by atoms with E-state index in [1.54, 1.807) is 12.1 Å². The van der Waals surface area contributed by atoms with Crippen LogP contribution in [0.1, 0.15) is 18.4 Å². The molecule has 0 spiro atoms. The van der Waals surface area contributed by atoms with E-state index in [0.717, 1.165) is 30.8 Å². The molecule has 1 atom stereocenters. The van der Waals surface area contributed by atoms with Gasteiger partial charge in [0.15, 0.2) is 0 Å². The monoisotopic (exact) mass is 208 g/mol. The van der Waals surface area contributed by atoms with Crippen molar-refractivity contribution in [2.45, 2.75) is 25.8 Å². The highest BCUT2D eigenvalue weighted by molar-refractivity contribution is 5.46.